The van der Waals surface area contributed by atoms with Crippen LogP contribution in [0.4, 0.5) is 10.1 Å². The van der Waals surface area contributed by atoms with Crippen molar-refractivity contribution in [2.24, 2.45) is 0 Å². The number of amides is 1. The number of hydrogen-bond acceptors (Lipinski definition) is 4. The van der Waals surface area contributed by atoms with E-state index >= 15 is 0 Å². The van der Waals surface area contributed by atoms with Crippen molar-refractivity contribution in [3.8, 4) is 11.5 Å². The zero-order valence-corrected chi connectivity index (χ0v) is 19.1. The number of benzene rings is 3. The monoisotopic (exact) mass is 462 g/mol. The maximum absolute atomic E-state index is 14.0. The molecule has 0 spiro atoms. The number of halogens is 1. The molecule has 0 saturated carbocycles. The lowest BCUT2D eigenvalue weighted by Gasteiger charge is -2.16. The average Bonchev–Trinajstić information content (AvgIpc) is 3.03. The molecule has 0 radical (unpaired) electrons. The molecule has 0 atom stereocenters. The summed E-state index contributed by atoms with van der Waals surface area (Å²) in [5, 5.41) is 0.375. The summed E-state index contributed by atoms with van der Waals surface area (Å²) in [6.07, 6.45) is 1.74. The summed E-state index contributed by atoms with van der Waals surface area (Å²) in [5.74, 6) is 0.703. The van der Waals surface area contributed by atoms with Crippen LogP contribution >= 0.6 is 12.2 Å². The molecule has 7 heteroatoms. The highest BCUT2D eigenvalue weighted by molar-refractivity contribution is 7.80. The fourth-order valence-electron chi connectivity index (χ4n) is 3.49. The summed E-state index contributed by atoms with van der Waals surface area (Å²) in [6.45, 7) is 2.55. The Balaban J connectivity index is 1.59. The van der Waals surface area contributed by atoms with Crippen molar-refractivity contribution in [3.05, 3.63) is 95.4 Å². The SMILES string of the molecule is CCOc1ccc(N2C(=O)/C(=C/c3ccccc3OCc3ccccc3F)N(C)C2=S)cc1. The minimum absolute atomic E-state index is 0.0767. The summed E-state index contributed by atoms with van der Waals surface area (Å²) >= 11 is 5.55. The maximum atomic E-state index is 14.0. The topological polar surface area (TPSA) is 42.0 Å². The first-order valence-corrected chi connectivity index (χ1v) is 10.9. The van der Waals surface area contributed by atoms with E-state index < -0.39 is 0 Å². The minimum Gasteiger partial charge on any atom is -0.494 e. The van der Waals surface area contributed by atoms with Crippen LogP contribution in [0.2, 0.25) is 0 Å². The highest BCUT2D eigenvalue weighted by Crippen LogP contribution is 2.31. The van der Waals surface area contributed by atoms with Crippen LogP contribution in [0.15, 0.2) is 78.5 Å². The van der Waals surface area contributed by atoms with Crippen LogP contribution in [-0.4, -0.2) is 29.6 Å². The van der Waals surface area contributed by atoms with Crippen molar-refractivity contribution < 1.29 is 18.7 Å². The third-order valence-electron chi connectivity index (χ3n) is 5.22. The molecular weight excluding hydrogens is 439 g/mol. The highest BCUT2D eigenvalue weighted by Gasteiger charge is 2.37. The quantitative estimate of drug-likeness (QED) is 0.347. The number of para-hydroxylation sites is 1. The minimum atomic E-state index is -0.324. The number of nitrogens with zero attached hydrogens (tertiary/aromatic N) is 2. The molecule has 4 rings (SSSR count). The molecule has 1 aliphatic rings. The van der Waals surface area contributed by atoms with Crippen molar-refractivity contribution in [3.63, 3.8) is 0 Å². The molecule has 5 nitrogen and oxygen atoms in total. The van der Waals surface area contributed by atoms with Gasteiger partial charge in [0.2, 0.25) is 0 Å². The predicted octanol–water partition coefficient (Wildman–Crippen LogP) is 5.41. The molecule has 1 fully saturated rings. The molecule has 0 bridgehead atoms. The normalized spacial score (nSPS) is 14.8. The van der Waals surface area contributed by atoms with Crippen molar-refractivity contribution in [2.75, 3.05) is 18.6 Å². The lowest BCUT2D eigenvalue weighted by Crippen LogP contribution is -2.31. The lowest BCUT2D eigenvalue weighted by atomic mass is 10.1. The number of carbonyl (C=O) groups excluding carboxylic acids is 1. The number of hydrogen-bond donors (Lipinski definition) is 0. The zero-order valence-electron chi connectivity index (χ0n) is 18.3. The van der Waals surface area contributed by atoms with Gasteiger partial charge in [-0.3, -0.25) is 9.69 Å². The van der Waals surface area contributed by atoms with Gasteiger partial charge in [0.25, 0.3) is 5.91 Å². The second-order valence-electron chi connectivity index (χ2n) is 7.36. The molecule has 1 saturated heterocycles. The molecule has 3 aromatic rings. The molecule has 1 heterocycles. The van der Waals surface area contributed by atoms with Crippen LogP contribution in [0, 0.1) is 5.82 Å². The van der Waals surface area contributed by atoms with Gasteiger partial charge in [-0.1, -0.05) is 36.4 Å². The van der Waals surface area contributed by atoms with E-state index in [1.54, 1.807) is 54.4 Å². The van der Waals surface area contributed by atoms with Gasteiger partial charge in [0.15, 0.2) is 5.11 Å². The van der Waals surface area contributed by atoms with Crippen LogP contribution in [0.25, 0.3) is 6.08 Å². The Labute approximate surface area is 197 Å². The molecule has 1 aliphatic heterocycles. The molecule has 0 N–H and O–H groups in total. The van der Waals surface area contributed by atoms with E-state index in [0.717, 1.165) is 5.75 Å². The van der Waals surface area contributed by atoms with Crippen LogP contribution in [-0.2, 0) is 11.4 Å². The average molecular weight is 463 g/mol. The van der Waals surface area contributed by atoms with Gasteiger partial charge in [-0.2, -0.15) is 0 Å². The van der Waals surface area contributed by atoms with Crippen molar-refractivity contribution in [1.29, 1.82) is 0 Å². The van der Waals surface area contributed by atoms with E-state index in [4.69, 9.17) is 21.7 Å². The van der Waals surface area contributed by atoms with E-state index in [1.165, 1.54) is 11.0 Å². The Hall–Kier alpha value is -3.71. The fraction of sp³-hybridized carbons (Fsp3) is 0.154. The Morgan fingerprint density at radius 3 is 2.39 bits per heavy atom. The van der Waals surface area contributed by atoms with Gasteiger partial charge >= 0.3 is 0 Å². The first-order valence-electron chi connectivity index (χ1n) is 10.5. The number of anilines is 1. The van der Waals surface area contributed by atoms with Gasteiger partial charge in [-0.25, -0.2) is 4.39 Å². The van der Waals surface area contributed by atoms with Crippen molar-refractivity contribution in [2.45, 2.75) is 13.5 Å². The Bertz CT molecular complexity index is 1210. The molecular formula is C26H23FN2O3S. The van der Waals surface area contributed by atoms with Crippen LogP contribution in [0.1, 0.15) is 18.1 Å². The van der Waals surface area contributed by atoms with Gasteiger partial charge in [-0.05, 0) is 61.6 Å². The standard InChI is InChI=1S/C26H23FN2O3S/c1-3-31-21-14-12-20(13-15-21)29-25(30)23(28(2)26(29)33)16-18-8-5-7-11-24(18)32-17-19-9-4-6-10-22(19)27/h4-16H,3,17H2,1-2H3/b23-16-. The molecule has 0 unspecified atom stereocenters. The molecule has 33 heavy (non-hydrogen) atoms. The van der Waals surface area contributed by atoms with E-state index in [1.807, 2.05) is 37.3 Å². The summed E-state index contributed by atoms with van der Waals surface area (Å²) in [5.41, 5.74) is 2.22. The summed E-state index contributed by atoms with van der Waals surface area (Å²) < 4.78 is 25.3. The highest BCUT2D eigenvalue weighted by atomic mass is 32.1. The zero-order chi connectivity index (χ0) is 23.4. The van der Waals surface area contributed by atoms with Gasteiger partial charge in [0.05, 0.1) is 12.3 Å². The first-order chi connectivity index (χ1) is 16.0. The molecule has 0 aliphatic carbocycles. The number of thiocarbonyl (C=S) groups is 1. The number of likely N-dealkylation sites (N-methyl/N-ethyl adjacent to an activating group) is 1. The largest absolute Gasteiger partial charge is 0.494 e. The fourth-order valence-corrected chi connectivity index (χ4v) is 3.78. The smallest absolute Gasteiger partial charge is 0.281 e. The number of rotatable bonds is 7. The summed E-state index contributed by atoms with van der Waals surface area (Å²) in [6, 6.07) is 21.0. The van der Waals surface area contributed by atoms with Crippen LogP contribution in [0.5, 0.6) is 11.5 Å². The molecule has 1 amide bonds. The van der Waals surface area contributed by atoms with Crippen molar-refractivity contribution >= 4 is 35.0 Å². The molecule has 0 aromatic heterocycles. The second-order valence-corrected chi connectivity index (χ2v) is 7.72. The maximum Gasteiger partial charge on any atom is 0.281 e. The van der Waals surface area contributed by atoms with Gasteiger partial charge in [0, 0.05) is 18.2 Å². The molecule has 168 valence electrons. The van der Waals surface area contributed by atoms with E-state index in [9.17, 15) is 9.18 Å². The van der Waals surface area contributed by atoms with E-state index in [-0.39, 0.29) is 18.3 Å². The summed E-state index contributed by atoms with van der Waals surface area (Å²) in [4.78, 5) is 16.4. The second kappa shape index (κ2) is 9.83. The first kappa shape index (κ1) is 22.5. The Morgan fingerprint density at radius 2 is 1.67 bits per heavy atom. The van der Waals surface area contributed by atoms with E-state index in [2.05, 4.69) is 0 Å². The predicted molar refractivity (Wildman–Crippen MR) is 131 cm³/mol. The Kier molecular flexibility index (Phi) is 6.70. The van der Waals surface area contributed by atoms with Gasteiger partial charge in [-0.15, -0.1) is 0 Å². The lowest BCUT2D eigenvalue weighted by molar-refractivity contribution is -0.114. The Morgan fingerprint density at radius 1 is 0.970 bits per heavy atom. The third kappa shape index (κ3) is 4.73. The van der Waals surface area contributed by atoms with Crippen LogP contribution < -0.4 is 14.4 Å². The number of ether oxygens (including phenoxy) is 2. The van der Waals surface area contributed by atoms with Crippen LogP contribution in [0.3, 0.4) is 0 Å². The summed E-state index contributed by atoms with van der Waals surface area (Å²) in [7, 11) is 1.75. The van der Waals surface area contributed by atoms with Gasteiger partial charge in [0.1, 0.15) is 29.6 Å². The van der Waals surface area contributed by atoms with E-state index in [0.29, 0.717) is 40.0 Å². The third-order valence-corrected chi connectivity index (χ3v) is 5.68. The molecule has 3 aromatic carbocycles. The van der Waals surface area contributed by atoms with Gasteiger partial charge < -0.3 is 14.4 Å². The number of carbonyl (C=O) groups is 1. The van der Waals surface area contributed by atoms with Crippen molar-refractivity contribution in [1.82, 2.24) is 4.90 Å².